The van der Waals surface area contributed by atoms with Crippen LogP contribution in [0.15, 0.2) is 17.1 Å². The number of aromatic amines is 1. The van der Waals surface area contributed by atoms with E-state index in [4.69, 9.17) is 7.98 Å². The van der Waals surface area contributed by atoms with E-state index in [1.54, 1.807) is 0 Å². The number of hydrogen-bond acceptors (Lipinski definition) is 1. The lowest BCUT2D eigenvalue weighted by atomic mass is 10.5. The van der Waals surface area contributed by atoms with Crippen molar-refractivity contribution in [3.05, 3.63) is 22.6 Å². The third-order valence-corrected chi connectivity index (χ3v) is 0.626. The highest BCUT2D eigenvalue weighted by Gasteiger charge is 1.78. The van der Waals surface area contributed by atoms with Gasteiger partial charge >= 0.3 is 0 Å². The summed E-state index contributed by atoms with van der Waals surface area (Å²) in [6.07, 6.45) is 1.45. The van der Waals surface area contributed by atoms with E-state index in [2.05, 4.69) is 5.10 Å². The molecule has 0 unspecified atom stereocenters. The molecule has 0 aromatic carbocycles. The average molecular weight is 93.9 g/mol. The van der Waals surface area contributed by atoms with Gasteiger partial charge in [-0.2, -0.15) is 0 Å². The summed E-state index contributed by atoms with van der Waals surface area (Å²) in [7, 11) is 5.04. The zero-order valence-electron chi connectivity index (χ0n) is 3.59. The van der Waals surface area contributed by atoms with Crippen LogP contribution in [0.2, 0.25) is 0 Å². The second-order valence-electron chi connectivity index (χ2n) is 1.20. The first-order chi connectivity index (χ1) is 3.29. The summed E-state index contributed by atoms with van der Waals surface area (Å²) < 4.78 is 1.10. The van der Waals surface area contributed by atoms with Gasteiger partial charge in [0.25, 0.3) is 13.5 Å². The molecule has 34 valence electrons. The molecular formula is C3H3BN2O. The first-order valence-electron chi connectivity index (χ1n) is 1.82. The Bertz CT molecular complexity index is 201. The lowest BCUT2D eigenvalue weighted by Gasteiger charge is -1.80. The van der Waals surface area contributed by atoms with Crippen LogP contribution in [0.1, 0.15) is 0 Å². The van der Waals surface area contributed by atoms with Crippen molar-refractivity contribution in [3.8, 4) is 0 Å². The first-order valence-corrected chi connectivity index (χ1v) is 1.82. The summed E-state index contributed by atoms with van der Waals surface area (Å²) in [4.78, 5) is 10.1. The summed E-state index contributed by atoms with van der Waals surface area (Å²) in [6, 6.07) is 1.35. The number of rotatable bonds is 0. The van der Waals surface area contributed by atoms with Gasteiger partial charge in [-0.05, 0) is 0 Å². The number of nitrogens with one attached hydrogen (secondary N) is 1. The summed E-state index contributed by atoms with van der Waals surface area (Å²) in [5.41, 5.74) is -0.178. The Morgan fingerprint density at radius 2 is 2.57 bits per heavy atom. The van der Waals surface area contributed by atoms with Gasteiger partial charge in [-0.3, -0.25) is 9.89 Å². The highest BCUT2D eigenvalue weighted by atomic mass is 16.1. The predicted molar refractivity (Wildman–Crippen MR) is 26.2 cm³/mol. The van der Waals surface area contributed by atoms with Gasteiger partial charge in [0.2, 0.25) is 0 Å². The summed E-state index contributed by atoms with van der Waals surface area (Å²) in [6.45, 7) is 0. The second-order valence-corrected chi connectivity index (χ2v) is 1.20. The van der Waals surface area contributed by atoms with Crippen LogP contribution >= 0.6 is 0 Å². The van der Waals surface area contributed by atoms with Crippen LogP contribution in [0.4, 0.5) is 0 Å². The third-order valence-electron chi connectivity index (χ3n) is 0.626. The van der Waals surface area contributed by atoms with Crippen molar-refractivity contribution in [2.75, 3.05) is 0 Å². The molecule has 1 aromatic heterocycles. The van der Waals surface area contributed by atoms with Crippen LogP contribution in [-0.4, -0.2) is 17.7 Å². The molecule has 0 spiro atoms. The maximum Gasteiger partial charge on any atom is 0.262 e. The normalized spacial score (nSPS) is 9.14. The first kappa shape index (κ1) is 4.24. The van der Waals surface area contributed by atoms with Crippen LogP contribution in [0.5, 0.6) is 0 Å². The molecule has 1 heterocycles. The van der Waals surface area contributed by atoms with Crippen molar-refractivity contribution >= 4 is 7.98 Å². The van der Waals surface area contributed by atoms with Gasteiger partial charge in [-0.25, -0.2) is 0 Å². The number of hydrogen-bond donors (Lipinski definition) is 1. The third kappa shape index (κ3) is 0.736. The summed E-state index contributed by atoms with van der Waals surface area (Å²) in [5.74, 6) is 0. The monoisotopic (exact) mass is 94.0 g/mol. The quantitative estimate of drug-likeness (QED) is 0.416. The zero-order chi connectivity index (χ0) is 5.28. The fourth-order valence-corrected chi connectivity index (χ4v) is 0.350. The maximum absolute atomic E-state index is 10.1. The number of aromatic nitrogens is 2. The minimum absolute atomic E-state index is 0.178. The fraction of sp³-hybridized carbons (Fsp3) is 0. The average Bonchev–Trinajstić information content (AvgIpc) is 1.87. The Hall–Kier alpha value is -0.925. The van der Waals surface area contributed by atoms with Crippen molar-refractivity contribution in [2.45, 2.75) is 0 Å². The lowest BCUT2D eigenvalue weighted by molar-refractivity contribution is 0.966. The Kier molecular flexibility index (Phi) is 0.783. The molecule has 4 heteroatoms. The van der Waals surface area contributed by atoms with Gasteiger partial charge in [0.05, 0.1) is 0 Å². The highest BCUT2D eigenvalue weighted by Crippen LogP contribution is 1.63. The summed E-state index contributed by atoms with van der Waals surface area (Å²) >= 11 is 0. The van der Waals surface area contributed by atoms with Crippen LogP contribution in [-0.2, 0) is 0 Å². The van der Waals surface area contributed by atoms with Crippen LogP contribution < -0.4 is 5.56 Å². The zero-order valence-corrected chi connectivity index (χ0v) is 3.59. The van der Waals surface area contributed by atoms with Crippen molar-refractivity contribution in [3.63, 3.8) is 0 Å². The van der Waals surface area contributed by atoms with E-state index in [0.29, 0.717) is 0 Å². The number of nitrogens with zero attached hydrogens (tertiary/aromatic N) is 1. The van der Waals surface area contributed by atoms with Crippen molar-refractivity contribution < 1.29 is 0 Å². The summed E-state index contributed by atoms with van der Waals surface area (Å²) in [5, 5.41) is 2.28. The van der Waals surface area contributed by atoms with E-state index in [1.165, 1.54) is 12.3 Å². The molecule has 0 aliphatic carbocycles. The Balaban J connectivity index is 3.30. The predicted octanol–water partition coefficient (Wildman–Crippen LogP) is -0.892. The van der Waals surface area contributed by atoms with Gasteiger partial charge in [0, 0.05) is 12.3 Å². The van der Waals surface area contributed by atoms with Crippen molar-refractivity contribution in [1.82, 2.24) is 9.69 Å². The van der Waals surface area contributed by atoms with Gasteiger partial charge < -0.3 is 4.59 Å². The largest absolute Gasteiger partial charge is 0.350 e. The van der Waals surface area contributed by atoms with E-state index in [9.17, 15) is 4.79 Å². The van der Waals surface area contributed by atoms with Crippen LogP contribution in [0.3, 0.4) is 0 Å². The molecule has 0 amide bonds. The smallest absolute Gasteiger partial charge is 0.262 e. The van der Waals surface area contributed by atoms with Crippen molar-refractivity contribution in [2.24, 2.45) is 0 Å². The molecule has 0 fully saturated rings. The van der Waals surface area contributed by atoms with Crippen molar-refractivity contribution in [1.29, 1.82) is 0 Å². The molecule has 3 nitrogen and oxygen atoms in total. The Morgan fingerprint density at radius 1 is 1.86 bits per heavy atom. The van der Waals surface area contributed by atoms with Gasteiger partial charge in [0.15, 0.2) is 0 Å². The van der Waals surface area contributed by atoms with E-state index in [-0.39, 0.29) is 5.56 Å². The molecule has 0 aliphatic heterocycles. The standard InChI is InChI=1S/C3H3BN2O/c4-6-2-1-3(7)5-6/h1-2H,(H,5,7). The lowest BCUT2D eigenvalue weighted by Crippen LogP contribution is -2.01. The van der Waals surface area contributed by atoms with E-state index in [0.717, 1.165) is 4.59 Å². The van der Waals surface area contributed by atoms with Gasteiger partial charge in [0.1, 0.15) is 0 Å². The molecule has 0 aliphatic rings. The second kappa shape index (κ2) is 1.29. The Morgan fingerprint density at radius 3 is 2.71 bits per heavy atom. The van der Waals surface area contributed by atoms with Gasteiger partial charge in [-0.15, -0.1) is 0 Å². The molecule has 0 atom stereocenters. The minimum Gasteiger partial charge on any atom is -0.350 e. The number of H-pyrrole nitrogens is 1. The molecule has 2 radical (unpaired) electrons. The highest BCUT2D eigenvalue weighted by molar-refractivity contribution is 6.05. The van der Waals surface area contributed by atoms with E-state index < -0.39 is 0 Å². The molecule has 1 N–H and O–H groups in total. The molecule has 1 rings (SSSR count). The molecule has 7 heavy (non-hydrogen) atoms. The molecule has 1 aromatic rings. The SMILES string of the molecule is [B]n1ccc(=O)[nH]1. The maximum atomic E-state index is 10.1. The topological polar surface area (TPSA) is 37.8 Å². The molecule has 0 saturated carbocycles. The van der Waals surface area contributed by atoms with Crippen LogP contribution in [0, 0.1) is 0 Å². The molecule has 0 saturated heterocycles. The minimum atomic E-state index is -0.178. The van der Waals surface area contributed by atoms with Gasteiger partial charge in [-0.1, -0.05) is 0 Å². The van der Waals surface area contributed by atoms with Crippen LogP contribution in [0.25, 0.3) is 0 Å². The fourth-order valence-electron chi connectivity index (χ4n) is 0.350. The van der Waals surface area contributed by atoms with E-state index in [1.807, 2.05) is 0 Å². The van der Waals surface area contributed by atoms with E-state index >= 15 is 0 Å². The Labute approximate surface area is 41.4 Å². The molecular weight excluding hydrogens is 90.9 g/mol. The molecule has 0 bridgehead atoms.